The summed E-state index contributed by atoms with van der Waals surface area (Å²) in [5.74, 6) is -1.11. The molecule has 0 radical (unpaired) electrons. The molecule has 1 aliphatic rings. The number of anilines is 1. The quantitative estimate of drug-likeness (QED) is 0.0352. The highest BCUT2D eigenvalue weighted by Gasteiger charge is 2.50. The van der Waals surface area contributed by atoms with Gasteiger partial charge in [0.05, 0.1) is 19.5 Å². The molecule has 2 unspecified atom stereocenters. The number of hydrogen-bond acceptors (Lipinski definition) is 18. The summed E-state index contributed by atoms with van der Waals surface area (Å²) >= 11 is 1.08. The summed E-state index contributed by atoms with van der Waals surface area (Å²) in [4.78, 5) is 87.9. The van der Waals surface area contributed by atoms with Crippen molar-refractivity contribution in [2.24, 2.45) is 5.41 Å². The van der Waals surface area contributed by atoms with Crippen LogP contribution in [-0.4, -0.2) is 123 Å². The van der Waals surface area contributed by atoms with Crippen LogP contribution in [0.1, 0.15) is 71.9 Å². The molecule has 0 aromatic carbocycles. The molecule has 0 bridgehead atoms. The smallest absolute Gasteiger partial charge is 0.386 e. The summed E-state index contributed by atoms with van der Waals surface area (Å²) in [7, 11) is -16.4. The van der Waals surface area contributed by atoms with Crippen LogP contribution in [0.3, 0.4) is 0 Å². The second-order valence-corrected chi connectivity index (χ2v) is 19.6. The van der Waals surface area contributed by atoms with E-state index in [-0.39, 0.29) is 48.0 Å². The van der Waals surface area contributed by atoms with Crippen molar-refractivity contribution in [3.63, 3.8) is 0 Å². The summed E-state index contributed by atoms with van der Waals surface area (Å²) in [5.41, 5.74) is 4.27. The first-order chi connectivity index (χ1) is 28.6. The Morgan fingerprint density at radius 1 is 1.02 bits per heavy atom. The van der Waals surface area contributed by atoms with E-state index in [0.29, 0.717) is 5.75 Å². The number of allylic oxidation sites excluding steroid dienone is 4. The molecule has 1 saturated heterocycles. The molecule has 0 spiro atoms. The van der Waals surface area contributed by atoms with Gasteiger partial charge in [0, 0.05) is 37.1 Å². The zero-order valence-corrected chi connectivity index (χ0v) is 37.1. The summed E-state index contributed by atoms with van der Waals surface area (Å²) in [5, 5.41) is 26.4. The number of thioether (sulfide) groups is 1. The second-order valence-electron chi connectivity index (χ2n) is 14.2. The highest BCUT2D eigenvalue weighted by atomic mass is 32.2. The molecule has 344 valence electrons. The topological polar surface area (TPSA) is 364 Å². The fourth-order valence-corrected chi connectivity index (χ4v) is 8.91. The van der Waals surface area contributed by atoms with Crippen LogP contribution in [0.25, 0.3) is 11.2 Å². The lowest BCUT2D eigenvalue weighted by atomic mass is 9.87. The lowest BCUT2D eigenvalue weighted by Crippen LogP contribution is -2.46. The van der Waals surface area contributed by atoms with E-state index in [0.717, 1.165) is 48.2 Å². The maximum atomic E-state index is 12.7. The van der Waals surface area contributed by atoms with Gasteiger partial charge in [0.25, 0.3) is 0 Å². The van der Waals surface area contributed by atoms with Gasteiger partial charge < -0.3 is 50.9 Å². The Labute approximate surface area is 355 Å². The number of ether oxygens (including phenoxy) is 1. The fourth-order valence-electron chi connectivity index (χ4n) is 5.43. The zero-order valence-electron chi connectivity index (χ0n) is 33.6. The molecule has 3 heterocycles. The first-order valence-corrected chi connectivity index (χ1v) is 24.4. The number of phosphoric acid groups is 3. The molecule has 24 nitrogen and oxygen atoms in total. The van der Waals surface area contributed by atoms with Gasteiger partial charge >= 0.3 is 23.5 Å². The van der Waals surface area contributed by atoms with E-state index in [1.165, 1.54) is 26.7 Å². The SMILES string of the molecule is CCCCCC=CCC=CCC(=O)SCCNC(=O)CCNC(=O)[C@H](O)C(C)(C)COP(=O)(O)OP(=O)(O)OC[C@H]1O[C@@H](n2cnc3c(N)ncnc32)[C@H](O)[C@@H]1OP(=O)(O)O. The molecule has 2 amide bonds. The monoisotopic (exact) mass is 945 g/mol. The van der Waals surface area contributed by atoms with Gasteiger partial charge in [-0.2, -0.15) is 4.31 Å². The lowest BCUT2D eigenvalue weighted by Gasteiger charge is -2.30. The molecule has 1 aliphatic heterocycles. The molecular weight excluding hydrogens is 891 g/mol. The van der Waals surface area contributed by atoms with Gasteiger partial charge in [-0.1, -0.05) is 69.7 Å². The van der Waals surface area contributed by atoms with E-state index >= 15 is 0 Å². The number of nitrogen functional groups attached to an aromatic ring is 1. The zero-order chi connectivity index (χ0) is 45.4. The van der Waals surface area contributed by atoms with Crippen LogP contribution < -0.4 is 16.4 Å². The predicted octanol–water partition coefficient (Wildman–Crippen LogP) is 2.14. The van der Waals surface area contributed by atoms with Gasteiger partial charge in [-0.25, -0.2) is 28.6 Å². The molecular formula is C33H54N7O17P3S. The van der Waals surface area contributed by atoms with Crippen molar-refractivity contribution < 1.29 is 80.5 Å². The summed E-state index contributed by atoms with van der Waals surface area (Å²) in [6.07, 6.45) is 6.62. The molecule has 61 heavy (non-hydrogen) atoms. The van der Waals surface area contributed by atoms with Gasteiger partial charge in [0.15, 0.2) is 22.8 Å². The van der Waals surface area contributed by atoms with Crippen molar-refractivity contribution in [3.8, 4) is 0 Å². The first-order valence-electron chi connectivity index (χ1n) is 18.9. The third kappa shape index (κ3) is 18.0. The van der Waals surface area contributed by atoms with Crippen LogP contribution >= 0.6 is 35.2 Å². The minimum absolute atomic E-state index is 0.0306. The number of aliphatic hydroxyl groups excluding tert-OH is 2. The van der Waals surface area contributed by atoms with Gasteiger partial charge in [0.2, 0.25) is 11.8 Å². The largest absolute Gasteiger partial charge is 0.481 e. The van der Waals surface area contributed by atoms with Crippen molar-refractivity contribution >= 4 is 69.1 Å². The molecule has 1 fully saturated rings. The summed E-state index contributed by atoms with van der Waals surface area (Å²) in [6.45, 7) is 2.65. The number of amides is 2. The molecule has 28 heteroatoms. The average Bonchev–Trinajstić information content (AvgIpc) is 3.73. The van der Waals surface area contributed by atoms with Crippen molar-refractivity contribution in [1.82, 2.24) is 30.2 Å². The van der Waals surface area contributed by atoms with Crippen LogP contribution in [0, 0.1) is 5.41 Å². The van der Waals surface area contributed by atoms with E-state index in [4.69, 9.17) is 19.5 Å². The Kier molecular flexibility index (Phi) is 20.8. The molecule has 0 saturated carbocycles. The van der Waals surface area contributed by atoms with Crippen LogP contribution in [0.2, 0.25) is 0 Å². The van der Waals surface area contributed by atoms with Crippen LogP contribution in [0.5, 0.6) is 0 Å². The Balaban J connectivity index is 1.40. The lowest BCUT2D eigenvalue weighted by molar-refractivity contribution is -0.137. The molecule has 2 aromatic heterocycles. The minimum atomic E-state index is -5.57. The van der Waals surface area contributed by atoms with E-state index in [1.807, 2.05) is 6.08 Å². The van der Waals surface area contributed by atoms with E-state index in [1.54, 1.807) is 6.08 Å². The number of carbonyl (C=O) groups excluding carboxylic acids is 3. The maximum Gasteiger partial charge on any atom is 0.481 e. The van der Waals surface area contributed by atoms with Crippen LogP contribution in [-0.2, 0) is 50.7 Å². The van der Waals surface area contributed by atoms with E-state index in [2.05, 4.69) is 53.5 Å². The van der Waals surface area contributed by atoms with E-state index < -0.39 is 84.6 Å². The van der Waals surface area contributed by atoms with Crippen molar-refractivity contribution in [3.05, 3.63) is 37.0 Å². The number of aromatic nitrogens is 4. The summed E-state index contributed by atoms with van der Waals surface area (Å²) < 4.78 is 62.2. The highest BCUT2D eigenvalue weighted by molar-refractivity contribution is 8.13. The number of nitrogens with zero attached hydrogens (tertiary/aromatic N) is 4. The average molecular weight is 946 g/mol. The number of carbonyl (C=O) groups is 3. The van der Waals surface area contributed by atoms with Crippen molar-refractivity contribution in [2.75, 3.05) is 37.8 Å². The van der Waals surface area contributed by atoms with Crippen molar-refractivity contribution in [1.29, 1.82) is 0 Å². The first kappa shape index (κ1) is 52.4. The number of hydrogen-bond donors (Lipinski definition) is 9. The van der Waals surface area contributed by atoms with Gasteiger partial charge in [0.1, 0.15) is 36.3 Å². The second kappa shape index (κ2) is 24.2. The molecule has 10 N–H and O–H groups in total. The number of aliphatic hydroxyl groups is 2. The summed E-state index contributed by atoms with van der Waals surface area (Å²) in [6, 6.07) is 0. The molecule has 7 atom stereocenters. The van der Waals surface area contributed by atoms with Crippen LogP contribution in [0.4, 0.5) is 5.82 Å². The third-order valence-electron chi connectivity index (χ3n) is 8.63. The highest BCUT2D eigenvalue weighted by Crippen LogP contribution is 2.61. The van der Waals surface area contributed by atoms with Crippen molar-refractivity contribution in [2.45, 2.75) is 96.4 Å². The number of fused-ring (bicyclic) bond motifs is 1. The van der Waals surface area contributed by atoms with Gasteiger partial charge in [-0.15, -0.1) is 0 Å². The minimum Gasteiger partial charge on any atom is -0.386 e. The number of rotatable bonds is 27. The number of imidazole rings is 1. The predicted molar refractivity (Wildman–Crippen MR) is 219 cm³/mol. The molecule has 2 aromatic rings. The molecule has 0 aliphatic carbocycles. The Hall–Kier alpha value is -2.96. The third-order valence-corrected chi connectivity index (χ3v) is 12.6. The number of nitrogens with two attached hydrogens (primary N) is 1. The number of unbranched alkanes of at least 4 members (excludes halogenated alkanes) is 3. The number of nitrogens with one attached hydrogen (secondary N) is 2. The maximum absolute atomic E-state index is 12.7. The fraction of sp³-hybridized carbons (Fsp3) is 0.636. The van der Waals surface area contributed by atoms with Crippen LogP contribution in [0.15, 0.2) is 37.0 Å². The molecule has 3 rings (SSSR count). The Morgan fingerprint density at radius 3 is 2.43 bits per heavy atom. The van der Waals surface area contributed by atoms with E-state index in [9.17, 15) is 57.9 Å². The normalized spacial score (nSPS) is 21.1. The Bertz CT molecular complexity index is 1980. The number of phosphoric ester groups is 3. The standard InChI is InChI=1S/C33H54N7O17P3S/c1-4-5-6-7-8-9-10-11-12-13-24(42)61-17-16-35-23(41)14-15-36-31(45)28(44)33(2,3)19-54-60(51,52)57-59(49,50)53-18-22-27(56-58(46,47)48)26(43)32(55-22)40-21-39-25-29(34)37-20-38-30(25)40/h8-9,11-12,20-22,26-28,32,43-44H,4-7,10,13-19H2,1-3H3,(H,35,41)(H,36,45)(H,49,50)(H,51,52)(H2,34,37,38)(H2,46,47,48)/t22-,26-,27-,28+,32-/m1/s1. The van der Waals surface area contributed by atoms with Gasteiger partial charge in [-0.3, -0.25) is 32.5 Å². The van der Waals surface area contributed by atoms with Gasteiger partial charge in [-0.05, 0) is 19.3 Å². The Morgan fingerprint density at radius 2 is 1.72 bits per heavy atom.